The molecule has 5 heteroatoms. The second kappa shape index (κ2) is 5.33. The highest BCUT2D eigenvalue weighted by Crippen LogP contribution is 2.22. The molecule has 0 aliphatic carbocycles. The molecule has 0 fully saturated rings. The van der Waals surface area contributed by atoms with Crippen LogP contribution in [-0.4, -0.2) is 13.1 Å². The van der Waals surface area contributed by atoms with E-state index in [1.54, 1.807) is 12.1 Å². The van der Waals surface area contributed by atoms with Gasteiger partial charge in [0.15, 0.2) is 0 Å². The minimum atomic E-state index is -0.325. The Morgan fingerprint density at radius 3 is 2.85 bits per heavy atom. The highest BCUT2D eigenvalue weighted by atomic mass is 127. The molecule has 0 unspecified atom stereocenters. The van der Waals surface area contributed by atoms with E-state index in [-0.39, 0.29) is 5.97 Å². The topological polar surface area (TPSA) is 38.3 Å². The second-order valence-corrected chi connectivity index (χ2v) is 3.90. The molecule has 3 nitrogen and oxygen atoms in total. The molecule has 0 amide bonds. The normalized spacial score (nSPS) is 9.38. The first kappa shape index (κ1) is 10.6. The summed E-state index contributed by atoms with van der Waals surface area (Å²) < 4.78 is 7.63. The van der Waals surface area contributed by atoms with Gasteiger partial charge in [-0.3, -0.25) is 0 Å². The van der Waals surface area contributed by atoms with Crippen molar-refractivity contribution >= 4 is 42.0 Å². The fourth-order valence-electron chi connectivity index (χ4n) is 0.902. The second-order valence-electron chi connectivity index (χ2n) is 2.22. The molecule has 0 spiro atoms. The van der Waals surface area contributed by atoms with Crippen molar-refractivity contribution in [3.8, 4) is 0 Å². The van der Waals surface area contributed by atoms with Crippen molar-refractivity contribution in [3.05, 3.63) is 29.8 Å². The number of para-hydroxylation sites is 1. The van der Waals surface area contributed by atoms with E-state index < -0.39 is 0 Å². The quantitative estimate of drug-likeness (QED) is 0.529. The number of methoxy groups -OCH3 is 1. The van der Waals surface area contributed by atoms with Crippen molar-refractivity contribution in [1.82, 2.24) is 0 Å². The van der Waals surface area contributed by atoms with Crippen LogP contribution < -0.4 is 4.72 Å². The number of carbonyl (C=O) groups excluding carboxylic acids is 1. The van der Waals surface area contributed by atoms with Crippen LogP contribution in [-0.2, 0) is 4.74 Å². The zero-order valence-electron chi connectivity index (χ0n) is 6.91. The molecule has 0 aromatic heterocycles. The summed E-state index contributed by atoms with van der Waals surface area (Å²) in [6.45, 7) is 0. The van der Waals surface area contributed by atoms with Gasteiger partial charge >= 0.3 is 5.97 Å². The van der Waals surface area contributed by atoms with Crippen molar-refractivity contribution in [2.45, 2.75) is 0 Å². The molecule has 0 saturated heterocycles. The number of esters is 1. The van der Waals surface area contributed by atoms with Gasteiger partial charge in [0.05, 0.1) is 18.4 Å². The number of rotatable bonds is 3. The number of halogens is 1. The molecule has 1 rings (SSSR count). The fourth-order valence-corrected chi connectivity index (χ4v) is 1.87. The Balaban J connectivity index is 2.97. The first-order chi connectivity index (χ1) is 6.29. The van der Waals surface area contributed by atoms with E-state index in [0.717, 1.165) is 5.69 Å². The maximum absolute atomic E-state index is 11.2. The Labute approximate surface area is 93.0 Å². The minimum Gasteiger partial charge on any atom is -0.465 e. The minimum absolute atomic E-state index is 0.325. The zero-order valence-corrected chi connectivity index (χ0v) is 9.89. The monoisotopic (exact) mass is 309 g/mol. The maximum Gasteiger partial charge on any atom is 0.339 e. The molecule has 0 radical (unpaired) electrons. The summed E-state index contributed by atoms with van der Waals surface area (Å²) in [4.78, 5) is 11.2. The summed E-state index contributed by atoms with van der Waals surface area (Å²) in [7, 11) is 2.78. The molecular formula is C8H8INO2S. The van der Waals surface area contributed by atoms with Gasteiger partial charge in [0, 0.05) is 30.3 Å². The average Bonchev–Trinajstić information content (AvgIpc) is 2.18. The highest BCUT2D eigenvalue weighted by molar-refractivity contribution is 14.2. The molecule has 0 bridgehead atoms. The standard InChI is InChI=1S/C8H8INO2S/c1-12-8(11)6-4-2-3-5-7(6)10-13-9/h2-5,10H,1H3. The molecular weight excluding hydrogens is 301 g/mol. The van der Waals surface area contributed by atoms with Gasteiger partial charge in [-0.05, 0) is 12.1 Å². The summed E-state index contributed by atoms with van der Waals surface area (Å²) in [5.41, 5.74) is 1.32. The molecule has 0 saturated carbocycles. The van der Waals surface area contributed by atoms with E-state index in [2.05, 4.69) is 30.7 Å². The van der Waals surface area contributed by atoms with Crippen LogP contribution in [0, 0.1) is 0 Å². The van der Waals surface area contributed by atoms with E-state index in [4.69, 9.17) is 0 Å². The SMILES string of the molecule is COC(=O)c1ccccc1NSI. The van der Waals surface area contributed by atoms with Crippen LogP contribution in [0.15, 0.2) is 24.3 Å². The predicted octanol–water partition coefficient (Wildman–Crippen LogP) is 2.88. The van der Waals surface area contributed by atoms with E-state index in [1.807, 2.05) is 12.1 Å². The Bertz CT molecular complexity index is 306. The zero-order chi connectivity index (χ0) is 9.68. The molecule has 0 aliphatic heterocycles. The fraction of sp³-hybridized carbons (Fsp3) is 0.125. The van der Waals surface area contributed by atoms with E-state index in [1.165, 1.54) is 16.2 Å². The molecule has 0 aliphatic rings. The van der Waals surface area contributed by atoms with Crippen LogP contribution in [0.4, 0.5) is 5.69 Å². The Morgan fingerprint density at radius 2 is 2.23 bits per heavy atom. The first-order valence-electron chi connectivity index (χ1n) is 3.50. The van der Waals surface area contributed by atoms with Crippen LogP contribution in [0.25, 0.3) is 0 Å². The molecule has 1 aromatic carbocycles. The lowest BCUT2D eigenvalue weighted by atomic mass is 10.2. The third kappa shape index (κ3) is 2.77. The third-order valence-corrected chi connectivity index (χ3v) is 2.44. The summed E-state index contributed by atoms with van der Waals surface area (Å²) in [5.74, 6) is -0.325. The van der Waals surface area contributed by atoms with Gasteiger partial charge in [-0.15, -0.1) is 0 Å². The third-order valence-electron chi connectivity index (χ3n) is 1.48. The van der Waals surface area contributed by atoms with Gasteiger partial charge < -0.3 is 9.46 Å². The van der Waals surface area contributed by atoms with E-state index in [0.29, 0.717) is 5.56 Å². The van der Waals surface area contributed by atoms with Crippen LogP contribution in [0.1, 0.15) is 10.4 Å². The lowest BCUT2D eigenvalue weighted by Crippen LogP contribution is -2.03. The number of hydrogen-bond acceptors (Lipinski definition) is 4. The molecule has 1 N–H and O–H groups in total. The number of ether oxygens (including phenoxy) is 1. The molecule has 0 atom stereocenters. The summed E-state index contributed by atoms with van der Waals surface area (Å²) >= 11 is 2.10. The van der Waals surface area contributed by atoms with Crippen molar-refractivity contribution in [2.75, 3.05) is 11.8 Å². The van der Waals surface area contributed by atoms with Gasteiger partial charge in [-0.1, -0.05) is 12.1 Å². The largest absolute Gasteiger partial charge is 0.465 e. The summed E-state index contributed by atoms with van der Waals surface area (Å²) in [6.07, 6.45) is 0. The summed E-state index contributed by atoms with van der Waals surface area (Å²) in [5, 5.41) is 0. The molecule has 1 aromatic rings. The maximum atomic E-state index is 11.2. The number of nitrogens with one attached hydrogen (secondary N) is 1. The average molecular weight is 309 g/mol. The van der Waals surface area contributed by atoms with Crippen molar-refractivity contribution in [2.24, 2.45) is 0 Å². The van der Waals surface area contributed by atoms with Crippen LogP contribution in [0.3, 0.4) is 0 Å². The number of carbonyl (C=O) groups is 1. The molecule has 0 heterocycles. The van der Waals surface area contributed by atoms with Gasteiger partial charge in [0.25, 0.3) is 0 Å². The molecule has 13 heavy (non-hydrogen) atoms. The van der Waals surface area contributed by atoms with Crippen molar-refractivity contribution in [1.29, 1.82) is 0 Å². The highest BCUT2D eigenvalue weighted by Gasteiger charge is 2.09. The lowest BCUT2D eigenvalue weighted by molar-refractivity contribution is 0.0602. The predicted molar refractivity (Wildman–Crippen MR) is 63.0 cm³/mol. The number of benzene rings is 1. The number of hydrogen-bond donors (Lipinski definition) is 1. The van der Waals surface area contributed by atoms with Crippen LogP contribution in [0.2, 0.25) is 0 Å². The van der Waals surface area contributed by atoms with Gasteiger partial charge in [0.2, 0.25) is 0 Å². The van der Waals surface area contributed by atoms with Gasteiger partial charge in [-0.25, -0.2) is 4.79 Å². The van der Waals surface area contributed by atoms with Crippen LogP contribution in [0.5, 0.6) is 0 Å². The smallest absolute Gasteiger partial charge is 0.339 e. The summed E-state index contributed by atoms with van der Waals surface area (Å²) in [6, 6.07) is 7.22. The van der Waals surface area contributed by atoms with Crippen molar-refractivity contribution in [3.63, 3.8) is 0 Å². The Hall–Kier alpha value is -0.430. The lowest BCUT2D eigenvalue weighted by Gasteiger charge is -2.06. The first-order valence-corrected chi connectivity index (χ1v) is 6.86. The molecule has 70 valence electrons. The Morgan fingerprint density at radius 1 is 1.54 bits per heavy atom. The van der Waals surface area contributed by atoms with Crippen molar-refractivity contribution < 1.29 is 9.53 Å². The number of anilines is 1. The van der Waals surface area contributed by atoms with E-state index in [9.17, 15) is 4.79 Å². The van der Waals surface area contributed by atoms with E-state index >= 15 is 0 Å². The van der Waals surface area contributed by atoms with Gasteiger partial charge in [-0.2, -0.15) is 0 Å². The Kier molecular flexibility index (Phi) is 4.37. The van der Waals surface area contributed by atoms with Gasteiger partial charge in [0.1, 0.15) is 0 Å². The van der Waals surface area contributed by atoms with Crippen LogP contribution >= 0.6 is 30.3 Å².